The van der Waals surface area contributed by atoms with E-state index in [1.54, 1.807) is 30.8 Å². The molecule has 1 saturated heterocycles. The van der Waals surface area contributed by atoms with Crippen molar-refractivity contribution in [2.45, 2.75) is 44.4 Å². The van der Waals surface area contributed by atoms with Crippen LogP contribution in [0.4, 0.5) is 0 Å². The van der Waals surface area contributed by atoms with E-state index in [4.69, 9.17) is 21.1 Å². The Hall–Kier alpha value is -1.21. The number of halogens is 1. The summed E-state index contributed by atoms with van der Waals surface area (Å²) in [4.78, 5) is 12.5. The van der Waals surface area contributed by atoms with Crippen LogP contribution in [0.5, 0.6) is 5.88 Å². The lowest BCUT2D eigenvalue weighted by atomic mass is 9.82. The van der Waals surface area contributed by atoms with Crippen LogP contribution in [0.1, 0.15) is 35.9 Å². The zero-order valence-corrected chi connectivity index (χ0v) is 16.1. The molecule has 5 nitrogen and oxygen atoms in total. The van der Waals surface area contributed by atoms with Gasteiger partial charge in [0.25, 0.3) is 0 Å². The van der Waals surface area contributed by atoms with Gasteiger partial charge in [-0.1, -0.05) is 11.6 Å². The van der Waals surface area contributed by atoms with Crippen molar-refractivity contribution in [3.05, 3.63) is 38.9 Å². The van der Waals surface area contributed by atoms with Crippen molar-refractivity contribution in [1.29, 1.82) is 0 Å². The van der Waals surface area contributed by atoms with Gasteiger partial charge in [-0.05, 0) is 37.8 Å². The third-order valence-electron chi connectivity index (χ3n) is 5.25. The zero-order chi connectivity index (χ0) is 17.4. The first-order valence-electron chi connectivity index (χ1n) is 8.61. The molecule has 2 atom stereocenters. The molecule has 134 valence electrons. The Labute approximate surface area is 156 Å². The molecule has 4 rings (SSSR count). The number of aromatic nitrogens is 2. The van der Waals surface area contributed by atoms with Crippen molar-refractivity contribution < 1.29 is 9.47 Å². The van der Waals surface area contributed by atoms with Gasteiger partial charge < -0.3 is 9.47 Å². The average Bonchev–Trinajstić information content (AvgIpc) is 3.00. The van der Waals surface area contributed by atoms with E-state index < -0.39 is 0 Å². The van der Waals surface area contributed by atoms with Gasteiger partial charge in [0.1, 0.15) is 5.60 Å². The molecule has 0 unspecified atom stereocenters. The summed E-state index contributed by atoms with van der Waals surface area (Å²) in [7, 11) is 1.60. The van der Waals surface area contributed by atoms with Crippen molar-refractivity contribution in [3.8, 4) is 5.88 Å². The van der Waals surface area contributed by atoms with Crippen molar-refractivity contribution in [2.24, 2.45) is 0 Å². The van der Waals surface area contributed by atoms with Gasteiger partial charge >= 0.3 is 0 Å². The summed E-state index contributed by atoms with van der Waals surface area (Å²) in [6.45, 7) is 4.83. The second-order valence-electron chi connectivity index (χ2n) is 6.82. The standard InChI is InChI=1S/C18H22ClN3O2S/c1-12-8-18(17-13(3-6-24-18)7-15(19)25-17)4-5-22(12)11-14-9-21-16(23-2)10-20-14/h7,9-10,12H,3-6,8,11H2,1-2H3/t12-,18+/m0/s1. The fourth-order valence-electron chi connectivity index (χ4n) is 3.95. The van der Waals surface area contributed by atoms with Crippen LogP contribution in [0.3, 0.4) is 0 Å². The van der Waals surface area contributed by atoms with Crippen molar-refractivity contribution in [2.75, 3.05) is 20.3 Å². The molecular weight excluding hydrogens is 358 g/mol. The van der Waals surface area contributed by atoms with Crippen LogP contribution < -0.4 is 4.74 Å². The van der Waals surface area contributed by atoms with Crippen molar-refractivity contribution in [3.63, 3.8) is 0 Å². The number of hydrogen-bond acceptors (Lipinski definition) is 6. The van der Waals surface area contributed by atoms with Gasteiger partial charge in [-0.3, -0.25) is 9.88 Å². The second kappa shape index (κ2) is 6.83. The number of hydrogen-bond donors (Lipinski definition) is 0. The van der Waals surface area contributed by atoms with E-state index in [0.29, 0.717) is 11.9 Å². The number of ether oxygens (including phenoxy) is 2. The average molecular weight is 380 g/mol. The minimum absolute atomic E-state index is 0.160. The maximum absolute atomic E-state index is 6.33. The highest BCUT2D eigenvalue weighted by Crippen LogP contribution is 2.47. The van der Waals surface area contributed by atoms with E-state index >= 15 is 0 Å². The Morgan fingerprint density at radius 3 is 3.04 bits per heavy atom. The summed E-state index contributed by atoms with van der Waals surface area (Å²) in [5.41, 5.74) is 2.18. The molecule has 7 heteroatoms. The molecule has 1 spiro atoms. The highest BCUT2D eigenvalue weighted by Gasteiger charge is 2.44. The SMILES string of the molecule is COc1cnc(CN2CC[C@]3(C[C@@H]2C)OCCc2cc(Cl)sc23)cn1. The smallest absolute Gasteiger partial charge is 0.231 e. The molecule has 2 aromatic heterocycles. The van der Waals surface area contributed by atoms with Gasteiger partial charge in [-0.2, -0.15) is 0 Å². The summed E-state index contributed by atoms with van der Waals surface area (Å²) >= 11 is 7.97. The van der Waals surface area contributed by atoms with Gasteiger partial charge in [-0.15, -0.1) is 11.3 Å². The first-order chi connectivity index (χ1) is 12.1. The Morgan fingerprint density at radius 1 is 1.44 bits per heavy atom. The molecule has 0 radical (unpaired) electrons. The van der Waals surface area contributed by atoms with Gasteiger partial charge in [0.05, 0.1) is 36.1 Å². The molecule has 4 heterocycles. The van der Waals surface area contributed by atoms with Crippen LogP contribution in [0, 0.1) is 0 Å². The predicted octanol–water partition coefficient (Wildman–Crippen LogP) is 3.65. The van der Waals surface area contributed by atoms with Gasteiger partial charge in [0.15, 0.2) is 0 Å². The van der Waals surface area contributed by atoms with E-state index in [2.05, 4.69) is 27.9 Å². The summed E-state index contributed by atoms with van der Waals surface area (Å²) in [6, 6.07) is 2.53. The molecule has 25 heavy (non-hydrogen) atoms. The number of thiophene rings is 1. The number of likely N-dealkylation sites (tertiary alicyclic amines) is 1. The molecule has 1 fully saturated rings. The summed E-state index contributed by atoms with van der Waals surface area (Å²) in [6.07, 6.45) is 6.42. The number of piperidine rings is 1. The van der Waals surface area contributed by atoms with Crippen molar-refractivity contribution in [1.82, 2.24) is 14.9 Å². The lowest BCUT2D eigenvalue weighted by Gasteiger charge is -2.47. The molecule has 0 aromatic carbocycles. The number of nitrogens with zero attached hydrogens (tertiary/aromatic N) is 3. The van der Waals surface area contributed by atoms with E-state index in [1.165, 1.54) is 10.4 Å². The Kier molecular flexibility index (Phi) is 4.71. The van der Waals surface area contributed by atoms with Gasteiger partial charge in [0.2, 0.25) is 5.88 Å². The quantitative estimate of drug-likeness (QED) is 0.814. The van der Waals surface area contributed by atoms with Crippen LogP contribution in [0.15, 0.2) is 18.5 Å². The van der Waals surface area contributed by atoms with Crippen LogP contribution in [0.2, 0.25) is 4.34 Å². The monoisotopic (exact) mass is 379 g/mol. The first kappa shape index (κ1) is 17.2. The van der Waals surface area contributed by atoms with Crippen LogP contribution in [0.25, 0.3) is 0 Å². The maximum atomic E-state index is 6.33. The molecular formula is C18H22ClN3O2S. The van der Waals surface area contributed by atoms with Crippen LogP contribution >= 0.6 is 22.9 Å². The maximum Gasteiger partial charge on any atom is 0.231 e. The normalized spacial score (nSPS) is 26.6. The van der Waals surface area contributed by atoms with E-state index in [0.717, 1.165) is 49.0 Å². The number of methoxy groups -OCH3 is 1. The Morgan fingerprint density at radius 2 is 2.32 bits per heavy atom. The predicted molar refractivity (Wildman–Crippen MR) is 98.4 cm³/mol. The summed E-state index contributed by atoms with van der Waals surface area (Å²) < 4.78 is 12.3. The first-order valence-corrected chi connectivity index (χ1v) is 9.81. The lowest BCUT2D eigenvalue weighted by Crippen LogP contribution is -2.50. The van der Waals surface area contributed by atoms with Crippen LogP contribution in [-0.2, 0) is 23.3 Å². The molecule has 2 aliphatic rings. The molecule has 0 bridgehead atoms. The fraction of sp³-hybridized carbons (Fsp3) is 0.556. The molecule has 0 N–H and O–H groups in total. The van der Waals surface area contributed by atoms with Crippen molar-refractivity contribution >= 4 is 22.9 Å². The van der Waals surface area contributed by atoms with Gasteiger partial charge in [0, 0.05) is 24.0 Å². The molecule has 0 aliphatic carbocycles. The topological polar surface area (TPSA) is 47.5 Å². The van der Waals surface area contributed by atoms with Crippen LogP contribution in [-0.4, -0.2) is 41.2 Å². The Balaban J connectivity index is 1.49. The lowest BCUT2D eigenvalue weighted by molar-refractivity contribution is -0.110. The van der Waals surface area contributed by atoms with E-state index in [1.807, 2.05) is 0 Å². The molecule has 0 amide bonds. The fourth-order valence-corrected chi connectivity index (χ4v) is 5.43. The molecule has 2 aliphatic heterocycles. The highest BCUT2D eigenvalue weighted by molar-refractivity contribution is 7.16. The van der Waals surface area contributed by atoms with E-state index in [9.17, 15) is 0 Å². The zero-order valence-electron chi connectivity index (χ0n) is 14.5. The number of rotatable bonds is 3. The van der Waals surface area contributed by atoms with E-state index in [-0.39, 0.29) is 5.60 Å². The highest BCUT2D eigenvalue weighted by atomic mass is 35.5. The minimum atomic E-state index is -0.160. The largest absolute Gasteiger partial charge is 0.480 e. The summed E-state index contributed by atoms with van der Waals surface area (Å²) in [5, 5.41) is 0. The minimum Gasteiger partial charge on any atom is -0.480 e. The molecule has 2 aromatic rings. The third-order valence-corrected chi connectivity index (χ3v) is 6.74. The summed E-state index contributed by atoms with van der Waals surface area (Å²) in [5.74, 6) is 0.548. The third kappa shape index (κ3) is 3.28. The Bertz CT molecular complexity index is 751. The van der Waals surface area contributed by atoms with Gasteiger partial charge in [-0.25, -0.2) is 4.98 Å². The second-order valence-corrected chi connectivity index (χ2v) is 8.50. The number of fused-ring (bicyclic) bond motifs is 2. The molecule has 0 saturated carbocycles.